The van der Waals surface area contributed by atoms with Crippen LogP contribution in [0.3, 0.4) is 0 Å². The van der Waals surface area contributed by atoms with Crippen LogP contribution in [0.15, 0.2) is 24.5 Å². The molecule has 0 amide bonds. The van der Waals surface area contributed by atoms with Crippen molar-refractivity contribution in [2.75, 3.05) is 18.0 Å². The van der Waals surface area contributed by atoms with E-state index < -0.39 is 18.1 Å². The van der Waals surface area contributed by atoms with E-state index in [1.165, 1.54) is 12.4 Å². The molecular weight excluding hydrogens is 307 g/mol. The maximum Gasteiger partial charge on any atom is 0.393 e. The van der Waals surface area contributed by atoms with Crippen molar-refractivity contribution in [2.45, 2.75) is 18.6 Å². The second kappa shape index (κ2) is 5.66. The standard InChI is InChI=1S/C15H14F3N5/c16-15(17,18)10-5-11(20)8-23(7-10)12-2-1-9(6-19)13-14(12)22-4-3-21-13/h1-4,10-11H,5,7-8,20H2/t10-,11+/m1/s1. The molecular formula is C15H14F3N5. The van der Waals surface area contributed by atoms with Crippen LogP contribution < -0.4 is 10.6 Å². The Kier molecular flexibility index (Phi) is 3.82. The van der Waals surface area contributed by atoms with Gasteiger partial charge in [-0.05, 0) is 18.6 Å². The number of nitrogens with two attached hydrogens (primary N) is 1. The Hall–Kier alpha value is -2.40. The van der Waals surface area contributed by atoms with Crippen LogP contribution in [0.5, 0.6) is 0 Å². The predicted octanol–water partition coefficient (Wildman–Crippen LogP) is 2.22. The summed E-state index contributed by atoms with van der Waals surface area (Å²) in [6.45, 7) is 0.138. The molecule has 23 heavy (non-hydrogen) atoms. The smallest absolute Gasteiger partial charge is 0.368 e. The van der Waals surface area contributed by atoms with E-state index >= 15 is 0 Å². The molecule has 120 valence electrons. The van der Waals surface area contributed by atoms with Gasteiger partial charge in [0, 0.05) is 31.5 Å². The summed E-state index contributed by atoms with van der Waals surface area (Å²) in [4.78, 5) is 9.92. The van der Waals surface area contributed by atoms with E-state index in [1.54, 1.807) is 17.0 Å². The number of hydrogen-bond acceptors (Lipinski definition) is 5. The lowest BCUT2D eigenvalue weighted by Crippen LogP contribution is -2.51. The summed E-state index contributed by atoms with van der Waals surface area (Å²) in [6, 6.07) is 4.61. The highest BCUT2D eigenvalue weighted by Crippen LogP contribution is 2.36. The highest BCUT2D eigenvalue weighted by molar-refractivity contribution is 5.92. The van der Waals surface area contributed by atoms with Crippen molar-refractivity contribution in [1.82, 2.24) is 9.97 Å². The Labute approximate surface area is 130 Å². The fourth-order valence-corrected chi connectivity index (χ4v) is 2.96. The van der Waals surface area contributed by atoms with E-state index in [-0.39, 0.29) is 13.0 Å². The number of halogens is 3. The molecule has 1 aromatic heterocycles. The SMILES string of the molecule is N#Cc1ccc(N2C[C@@H](N)C[C@@H](C(F)(F)F)C2)c2nccnc12. The first-order valence-electron chi connectivity index (χ1n) is 7.11. The Bertz CT molecular complexity index is 768. The number of aromatic nitrogens is 2. The third-order valence-corrected chi connectivity index (χ3v) is 4.01. The van der Waals surface area contributed by atoms with E-state index in [2.05, 4.69) is 9.97 Å². The van der Waals surface area contributed by atoms with Gasteiger partial charge in [-0.2, -0.15) is 18.4 Å². The van der Waals surface area contributed by atoms with E-state index in [1.807, 2.05) is 6.07 Å². The summed E-state index contributed by atoms with van der Waals surface area (Å²) in [5, 5.41) is 9.13. The molecule has 1 aromatic carbocycles. The second-order valence-electron chi connectivity index (χ2n) is 5.64. The van der Waals surface area contributed by atoms with Gasteiger partial charge >= 0.3 is 6.18 Å². The lowest BCUT2D eigenvalue weighted by molar-refractivity contribution is -0.177. The van der Waals surface area contributed by atoms with Gasteiger partial charge in [0.25, 0.3) is 0 Å². The summed E-state index contributed by atoms with van der Waals surface area (Å²) in [5.41, 5.74) is 7.49. The normalized spacial score (nSPS) is 22.1. The molecule has 1 saturated heterocycles. The van der Waals surface area contributed by atoms with Crippen LogP contribution in [0.1, 0.15) is 12.0 Å². The second-order valence-corrected chi connectivity index (χ2v) is 5.64. The zero-order chi connectivity index (χ0) is 16.6. The summed E-state index contributed by atoms with van der Waals surface area (Å²) in [7, 11) is 0. The number of nitriles is 1. The molecule has 1 aliphatic heterocycles. The van der Waals surface area contributed by atoms with Gasteiger partial charge in [0.05, 0.1) is 17.2 Å². The summed E-state index contributed by atoms with van der Waals surface area (Å²) >= 11 is 0. The topological polar surface area (TPSA) is 78.8 Å². The van der Waals surface area contributed by atoms with Crippen molar-refractivity contribution in [3.8, 4) is 6.07 Å². The van der Waals surface area contributed by atoms with Crippen LogP contribution in [0.2, 0.25) is 0 Å². The first-order chi connectivity index (χ1) is 10.9. The number of piperidine rings is 1. The van der Waals surface area contributed by atoms with Gasteiger partial charge in [-0.15, -0.1) is 0 Å². The van der Waals surface area contributed by atoms with Gasteiger partial charge in [-0.1, -0.05) is 0 Å². The molecule has 1 aliphatic rings. The Morgan fingerprint density at radius 3 is 2.52 bits per heavy atom. The van der Waals surface area contributed by atoms with Crippen molar-refractivity contribution in [3.63, 3.8) is 0 Å². The van der Waals surface area contributed by atoms with Crippen LogP contribution >= 0.6 is 0 Å². The zero-order valence-electron chi connectivity index (χ0n) is 12.1. The van der Waals surface area contributed by atoms with Crippen molar-refractivity contribution in [3.05, 3.63) is 30.1 Å². The highest BCUT2D eigenvalue weighted by Gasteiger charge is 2.44. The lowest BCUT2D eigenvalue weighted by atomic mass is 9.93. The first-order valence-corrected chi connectivity index (χ1v) is 7.11. The molecule has 2 N–H and O–H groups in total. The van der Waals surface area contributed by atoms with Crippen molar-refractivity contribution >= 4 is 16.7 Å². The van der Waals surface area contributed by atoms with Crippen LogP contribution in [-0.4, -0.2) is 35.3 Å². The Morgan fingerprint density at radius 1 is 1.17 bits per heavy atom. The number of anilines is 1. The van der Waals surface area contributed by atoms with Gasteiger partial charge < -0.3 is 10.6 Å². The minimum Gasteiger partial charge on any atom is -0.368 e. The van der Waals surface area contributed by atoms with Gasteiger partial charge in [0.1, 0.15) is 17.1 Å². The molecule has 2 atom stereocenters. The Morgan fingerprint density at radius 2 is 1.87 bits per heavy atom. The number of rotatable bonds is 1. The lowest BCUT2D eigenvalue weighted by Gasteiger charge is -2.38. The fourth-order valence-electron chi connectivity index (χ4n) is 2.96. The van der Waals surface area contributed by atoms with Crippen molar-refractivity contribution in [2.24, 2.45) is 11.7 Å². The third-order valence-electron chi connectivity index (χ3n) is 4.01. The molecule has 1 fully saturated rings. The average Bonchev–Trinajstić information content (AvgIpc) is 2.52. The summed E-state index contributed by atoms with van der Waals surface area (Å²) < 4.78 is 39.2. The zero-order valence-corrected chi connectivity index (χ0v) is 12.1. The molecule has 2 heterocycles. The third kappa shape index (κ3) is 2.92. The molecule has 0 bridgehead atoms. The van der Waals surface area contributed by atoms with E-state index in [9.17, 15) is 13.2 Å². The summed E-state index contributed by atoms with van der Waals surface area (Å²) in [5.74, 6) is -1.48. The van der Waals surface area contributed by atoms with Crippen LogP contribution in [0.25, 0.3) is 11.0 Å². The molecule has 2 aromatic rings. The number of hydrogen-bond donors (Lipinski definition) is 1. The van der Waals surface area contributed by atoms with Gasteiger partial charge in [0.15, 0.2) is 0 Å². The van der Waals surface area contributed by atoms with E-state index in [4.69, 9.17) is 11.0 Å². The number of fused-ring (bicyclic) bond motifs is 1. The molecule has 8 heteroatoms. The largest absolute Gasteiger partial charge is 0.393 e. The minimum absolute atomic E-state index is 0.0834. The molecule has 5 nitrogen and oxygen atoms in total. The number of nitrogens with zero attached hydrogens (tertiary/aromatic N) is 4. The van der Waals surface area contributed by atoms with E-state index in [0.717, 1.165) is 0 Å². The van der Waals surface area contributed by atoms with Gasteiger partial charge in [-0.3, -0.25) is 9.97 Å². The first kappa shape index (κ1) is 15.5. The number of alkyl halides is 3. The molecule has 0 radical (unpaired) electrons. The quantitative estimate of drug-likeness (QED) is 0.871. The maximum atomic E-state index is 13.1. The summed E-state index contributed by atoms with van der Waals surface area (Å²) in [6.07, 6.45) is -1.46. The van der Waals surface area contributed by atoms with E-state index in [0.29, 0.717) is 28.8 Å². The molecule has 0 saturated carbocycles. The van der Waals surface area contributed by atoms with Crippen LogP contribution in [0, 0.1) is 17.2 Å². The monoisotopic (exact) mass is 321 g/mol. The molecule has 0 spiro atoms. The molecule has 0 aliphatic carbocycles. The van der Waals surface area contributed by atoms with Crippen LogP contribution in [-0.2, 0) is 0 Å². The predicted molar refractivity (Wildman–Crippen MR) is 78.6 cm³/mol. The number of benzene rings is 1. The Balaban J connectivity index is 2.05. The maximum absolute atomic E-state index is 13.1. The fraction of sp³-hybridized carbons (Fsp3) is 0.400. The minimum atomic E-state index is -4.29. The highest BCUT2D eigenvalue weighted by atomic mass is 19.4. The van der Waals surface area contributed by atoms with Crippen LogP contribution in [0.4, 0.5) is 18.9 Å². The van der Waals surface area contributed by atoms with Crippen molar-refractivity contribution < 1.29 is 13.2 Å². The molecule has 3 rings (SSSR count). The van der Waals surface area contributed by atoms with Gasteiger partial charge in [-0.25, -0.2) is 0 Å². The van der Waals surface area contributed by atoms with Crippen molar-refractivity contribution in [1.29, 1.82) is 5.26 Å². The van der Waals surface area contributed by atoms with Gasteiger partial charge in [0.2, 0.25) is 0 Å². The molecule has 0 unspecified atom stereocenters. The average molecular weight is 321 g/mol.